The van der Waals surface area contributed by atoms with E-state index in [1.807, 2.05) is 16.8 Å². The summed E-state index contributed by atoms with van der Waals surface area (Å²) in [6.45, 7) is 5.09. The third kappa shape index (κ3) is 2.89. The van der Waals surface area contributed by atoms with Crippen molar-refractivity contribution in [2.24, 2.45) is 5.92 Å². The Bertz CT molecular complexity index is 645. The highest BCUT2D eigenvalue weighted by Crippen LogP contribution is 2.34. The highest BCUT2D eigenvalue weighted by atomic mass is 16.1. The van der Waals surface area contributed by atoms with Gasteiger partial charge < -0.3 is 0 Å². The van der Waals surface area contributed by atoms with Crippen LogP contribution in [-0.4, -0.2) is 20.5 Å². The van der Waals surface area contributed by atoms with Crippen LogP contribution in [0, 0.1) is 5.92 Å². The van der Waals surface area contributed by atoms with Crippen LogP contribution in [0.15, 0.2) is 30.6 Å². The summed E-state index contributed by atoms with van der Waals surface area (Å²) in [5, 5.41) is 4.23. The van der Waals surface area contributed by atoms with Gasteiger partial charge in [0, 0.05) is 12.5 Å². The number of fused-ring (bicyclic) bond motifs is 1. The zero-order valence-corrected chi connectivity index (χ0v) is 12.6. The lowest BCUT2D eigenvalue weighted by molar-refractivity contribution is -0.120. The third-order valence-electron chi connectivity index (χ3n) is 4.09. The van der Waals surface area contributed by atoms with Crippen molar-refractivity contribution in [3.8, 4) is 0 Å². The molecule has 4 heteroatoms. The number of benzene rings is 1. The van der Waals surface area contributed by atoms with Gasteiger partial charge in [-0.25, -0.2) is 9.67 Å². The average molecular weight is 283 g/mol. The second-order valence-electron chi connectivity index (χ2n) is 6.19. The summed E-state index contributed by atoms with van der Waals surface area (Å²) < 4.78 is 1.86. The minimum Gasteiger partial charge on any atom is -0.299 e. The van der Waals surface area contributed by atoms with Crippen molar-refractivity contribution in [3.63, 3.8) is 0 Å². The number of aromatic nitrogens is 3. The molecule has 0 radical (unpaired) electrons. The Morgan fingerprint density at radius 3 is 3.00 bits per heavy atom. The Labute approximate surface area is 125 Å². The van der Waals surface area contributed by atoms with Crippen molar-refractivity contribution in [2.75, 3.05) is 0 Å². The van der Waals surface area contributed by atoms with Crippen molar-refractivity contribution in [1.82, 2.24) is 14.8 Å². The van der Waals surface area contributed by atoms with Crippen molar-refractivity contribution in [2.45, 2.75) is 45.6 Å². The van der Waals surface area contributed by atoms with Crippen LogP contribution in [0.3, 0.4) is 0 Å². The summed E-state index contributed by atoms with van der Waals surface area (Å²) in [6.07, 6.45) is 3.86. The molecule has 0 fully saturated rings. The third-order valence-corrected chi connectivity index (χ3v) is 4.09. The molecular weight excluding hydrogens is 262 g/mol. The number of hydrogen-bond acceptors (Lipinski definition) is 3. The first-order valence-electron chi connectivity index (χ1n) is 7.62. The molecule has 1 aliphatic rings. The van der Waals surface area contributed by atoms with E-state index in [1.54, 1.807) is 6.33 Å². The van der Waals surface area contributed by atoms with Gasteiger partial charge in [-0.1, -0.05) is 38.1 Å². The summed E-state index contributed by atoms with van der Waals surface area (Å²) in [4.78, 5) is 16.9. The molecule has 0 bridgehead atoms. The highest BCUT2D eigenvalue weighted by Gasteiger charge is 2.28. The van der Waals surface area contributed by atoms with Crippen LogP contribution in [0.2, 0.25) is 0 Å². The van der Waals surface area contributed by atoms with E-state index < -0.39 is 0 Å². The molecule has 1 heterocycles. The molecule has 1 aromatic heterocycles. The molecule has 0 saturated carbocycles. The molecule has 3 rings (SSSR count). The van der Waals surface area contributed by atoms with E-state index in [1.165, 1.54) is 11.1 Å². The van der Waals surface area contributed by atoms with Crippen LogP contribution in [-0.2, 0) is 24.2 Å². The zero-order valence-electron chi connectivity index (χ0n) is 12.6. The lowest BCUT2D eigenvalue weighted by Crippen LogP contribution is -2.18. The van der Waals surface area contributed by atoms with Gasteiger partial charge in [-0.15, -0.1) is 0 Å². The van der Waals surface area contributed by atoms with Crippen LogP contribution in [0.25, 0.3) is 0 Å². The number of Topliss-reactive ketones (excluding diaryl/α,β-unsaturated/α-hetero) is 1. The van der Waals surface area contributed by atoms with Crippen LogP contribution in [0.5, 0.6) is 0 Å². The number of ketones is 1. The number of aryl methyl sites for hydroxylation is 1. The predicted molar refractivity (Wildman–Crippen MR) is 81.1 cm³/mol. The molecule has 0 N–H and O–H groups in total. The average Bonchev–Trinajstić information content (AvgIpc) is 3.05. The fourth-order valence-corrected chi connectivity index (χ4v) is 3.09. The first-order valence-corrected chi connectivity index (χ1v) is 7.62. The number of hydrogen-bond donors (Lipinski definition) is 0. The van der Waals surface area contributed by atoms with Crippen LogP contribution in [0.1, 0.15) is 43.1 Å². The summed E-state index contributed by atoms with van der Waals surface area (Å²) in [5.74, 6) is 1.58. The lowest BCUT2D eigenvalue weighted by Gasteiger charge is -2.12. The van der Waals surface area contributed by atoms with Gasteiger partial charge in [0.15, 0.2) is 0 Å². The molecule has 1 unspecified atom stereocenters. The Morgan fingerprint density at radius 1 is 1.38 bits per heavy atom. The maximum absolute atomic E-state index is 12.6. The molecule has 0 saturated heterocycles. The van der Waals surface area contributed by atoms with Gasteiger partial charge in [0.25, 0.3) is 0 Å². The molecule has 2 aromatic rings. The molecule has 1 atom stereocenters. The van der Waals surface area contributed by atoms with Crippen LogP contribution >= 0.6 is 0 Å². The second-order valence-corrected chi connectivity index (χ2v) is 6.19. The molecule has 21 heavy (non-hydrogen) atoms. The predicted octanol–water partition coefficient (Wildman–Crippen LogP) is 2.78. The quantitative estimate of drug-likeness (QED) is 0.847. The molecule has 0 aliphatic heterocycles. The molecule has 1 aliphatic carbocycles. The number of nitrogens with zero attached hydrogens (tertiary/aromatic N) is 3. The molecule has 0 spiro atoms. The van der Waals surface area contributed by atoms with E-state index in [-0.39, 0.29) is 11.7 Å². The summed E-state index contributed by atoms with van der Waals surface area (Å²) in [6, 6.07) is 8.28. The van der Waals surface area contributed by atoms with Gasteiger partial charge in [0.05, 0.1) is 6.42 Å². The largest absolute Gasteiger partial charge is 0.299 e. The van der Waals surface area contributed by atoms with Gasteiger partial charge in [-0.05, 0) is 29.9 Å². The fourth-order valence-electron chi connectivity index (χ4n) is 3.09. The monoisotopic (exact) mass is 283 g/mol. The van der Waals surface area contributed by atoms with E-state index in [9.17, 15) is 4.79 Å². The van der Waals surface area contributed by atoms with Crippen molar-refractivity contribution in [3.05, 3.63) is 47.5 Å². The van der Waals surface area contributed by atoms with Gasteiger partial charge >= 0.3 is 0 Å². The standard InChI is InChI=1S/C17H21N3O/c1-12(2)10-20-17(18-11-19-20)9-16(21)15-8-7-13-5-3-4-6-14(13)15/h3-6,11-12,15H,7-10H2,1-2H3. The van der Waals surface area contributed by atoms with Crippen LogP contribution in [0.4, 0.5) is 0 Å². The molecule has 1 aromatic carbocycles. The molecule has 110 valence electrons. The lowest BCUT2D eigenvalue weighted by atomic mass is 9.94. The zero-order chi connectivity index (χ0) is 14.8. The Morgan fingerprint density at radius 2 is 2.19 bits per heavy atom. The maximum Gasteiger partial charge on any atom is 0.147 e. The van der Waals surface area contributed by atoms with E-state index >= 15 is 0 Å². The van der Waals surface area contributed by atoms with Crippen LogP contribution < -0.4 is 0 Å². The van der Waals surface area contributed by atoms with E-state index in [0.29, 0.717) is 12.3 Å². The SMILES string of the molecule is CC(C)Cn1ncnc1CC(=O)C1CCc2ccccc21. The van der Waals surface area contributed by atoms with E-state index in [0.717, 1.165) is 25.2 Å². The van der Waals surface area contributed by atoms with Crippen molar-refractivity contribution in [1.29, 1.82) is 0 Å². The van der Waals surface area contributed by atoms with Gasteiger partial charge in [0.1, 0.15) is 17.9 Å². The smallest absolute Gasteiger partial charge is 0.147 e. The van der Waals surface area contributed by atoms with Crippen molar-refractivity contribution >= 4 is 5.78 Å². The van der Waals surface area contributed by atoms with Crippen molar-refractivity contribution < 1.29 is 4.79 Å². The van der Waals surface area contributed by atoms with E-state index in [4.69, 9.17) is 0 Å². The minimum absolute atomic E-state index is 0.0328. The fraction of sp³-hybridized carbons (Fsp3) is 0.471. The Kier molecular flexibility index (Phi) is 3.86. The summed E-state index contributed by atoms with van der Waals surface area (Å²) in [7, 11) is 0. The Balaban J connectivity index is 1.75. The van der Waals surface area contributed by atoms with Gasteiger partial charge in [-0.3, -0.25) is 4.79 Å². The molecular formula is C17H21N3O. The number of carbonyl (C=O) groups is 1. The first-order chi connectivity index (χ1) is 10.1. The number of carbonyl (C=O) groups excluding carboxylic acids is 1. The van der Waals surface area contributed by atoms with Gasteiger partial charge in [0.2, 0.25) is 0 Å². The maximum atomic E-state index is 12.6. The topological polar surface area (TPSA) is 47.8 Å². The van der Waals surface area contributed by atoms with E-state index in [2.05, 4.69) is 36.1 Å². The Hall–Kier alpha value is -1.97. The summed E-state index contributed by atoms with van der Waals surface area (Å²) in [5.41, 5.74) is 2.52. The first kappa shape index (κ1) is 14.0. The summed E-state index contributed by atoms with van der Waals surface area (Å²) >= 11 is 0. The second kappa shape index (κ2) is 5.80. The highest BCUT2D eigenvalue weighted by molar-refractivity contribution is 5.88. The number of rotatable bonds is 5. The normalized spacial score (nSPS) is 17.2. The molecule has 4 nitrogen and oxygen atoms in total. The minimum atomic E-state index is 0.0328. The van der Waals surface area contributed by atoms with Gasteiger partial charge in [-0.2, -0.15) is 5.10 Å². The molecule has 0 amide bonds.